The van der Waals surface area contributed by atoms with Crippen LogP contribution in [0.3, 0.4) is 0 Å². The lowest BCUT2D eigenvalue weighted by Crippen LogP contribution is -2.43. The molecule has 9 nitrogen and oxygen atoms in total. The van der Waals surface area contributed by atoms with Crippen LogP contribution in [0.1, 0.15) is 29.9 Å². The third kappa shape index (κ3) is 4.69. The fraction of sp³-hybridized carbons (Fsp3) is 0.524. The average Bonchev–Trinajstić information content (AvgIpc) is 3.12. The standard InChI is InChI=1S/C21H29N3O6S/c1-14-20(15(2)30-22-14)31(26,27)24-10-8-16(9-11-24)21(25)23(3)13-17-6-7-18(28-4)12-19(17)29-5/h6-7,12,16H,8-11,13H2,1-5H3. The minimum Gasteiger partial charge on any atom is -0.497 e. The predicted octanol–water partition coefficient (Wildman–Crippen LogP) is 2.37. The number of sulfonamides is 1. The number of benzene rings is 1. The Morgan fingerprint density at radius 3 is 2.45 bits per heavy atom. The molecule has 1 aliphatic heterocycles. The Kier molecular flexibility index (Phi) is 6.90. The maximum absolute atomic E-state index is 13.0. The lowest BCUT2D eigenvalue weighted by atomic mass is 9.96. The molecule has 0 saturated carbocycles. The van der Waals surface area contributed by atoms with E-state index < -0.39 is 10.0 Å². The molecule has 1 saturated heterocycles. The number of hydrogen-bond acceptors (Lipinski definition) is 7. The first-order chi connectivity index (χ1) is 14.7. The zero-order valence-corrected chi connectivity index (χ0v) is 19.4. The van der Waals surface area contributed by atoms with E-state index in [1.54, 1.807) is 46.1 Å². The first kappa shape index (κ1) is 23.1. The highest BCUT2D eigenvalue weighted by molar-refractivity contribution is 7.89. The number of ether oxygens (including phenoxy) is 2. The maximum atomic E-state index is 13.0. The Labute approximate surface area is 182 Å². The van der Waals surface area contributed by atoms with Crippen LogP contribution in [0.25, 0.3) is 0 Å². The van der Waals surface area contributed by atoms with E-state index in [9.17, 15) is 13.2 Å². The van der Waals surface area contributed by atoms with Crippen molar-refractivity contribution in [3.8, 4) is 11.5 Å². The molecule has 0 N–H and O–H groups in total. The normalized spacial score (nSPS) is 15.6. The predicted molar refractivity (Wildman–Crippen MR) is 113 cm³/mol. The molecule has 1 amide bonds. The summed E-state index contributed by atoms with van der Waals surface area (Å²) in [5.74, 6) is 1.38. The minimum absolute atomic E-state index is 0.00717. The molecule has 1 aliphatic rings. The van der Waals surface area contributed by atoms with Crippen LogP contribution in [-0.4, -0.2) is 63.0 Å². The molecule has 0 unspecified atom stereocenters. The highest BCUT2D eigenvalue weighted by atomic mass is 32.2. The van der Waals surface area contributed by atoms with Crippen LogP contribution in [0.15, 0.2) is 27.6 Å². The highest BCUT2D eigenvalue weighted by Gasteiger charge is 2.36. The third-order valence-corrected chi connectivity index (χ3v) is 7.79. The zero-order valence-electron chi connectivity index (χ0n) is 18.5. The number of carbonyl (C=O) groups excluding carboxylic acids is 1. The topological polar surface area (TPSA) is 102 Å². The number of piperidine rings is 1. The quantitative estimate of drug-likeness (QED) is 0.637. The molecule has 1 fully saturated rings. The summed E-state index contributed by atoms with van der Waals surface area (Å²) in [5.41, 5.74) is 1.22. The maximum Gasteiger partial charge on any atom is 0.248 e. The fourth-order valence-corrected chi connectivity index (χ4v) is 5.70. The van der Waals surface area contributed by atoms with Gasteiger partial charge in [-0.3, -0.25) is 4.79 Å². The van der Waals surface area contributed by atoms with Crippen molar-refractivity contribution >= 4 is 15.9 Å². The molecule has 1 aromatic heterocycles. The molecule has 0 bridgehead atoms. The van der Waals surface area contributed by atoms with Crippen LogP contribution < -0.4 is 9.47 Å². The van der Waals surface area contributed by atoms with E-state index in [0.717, 1.165) is 5.56 Å². The molecular weight excluding hydrogens is 422 g/mol. The van der Waals surface area contributed by atoms with Gasteiger partial charge in [0.05, 0.1) is 14.2 Å². The van der Waals surface area contributed by atoms with Gasteiger partial charge in [0.2, 0.25) is 15.9 Å². The van der Waals surface area contributed by atoms with Crippen molar-refractivity contribution < 1.29 is 27.2 Å². The molecule has 3 rings (SSSR count). The summed E-state index contributed by atoms with van der Waals surface area (Å²) in [6.45, 7) is 4.15. The molecule has 0 atom stereocenters. The summed E-state index contributed by atoms with van der Waals surface area (Å²) in [4.78, 5) is 14.8. The summed E-state index contributed by atoms with van der Waals surface area (Å²) in [6, 6.07) is 5.49. The number of hydrogen-bond donors (Lipinski definition) is 0. The highest BCUT2D eigenvalue weighted by Crippen LogP contribution is 2.29. The summed E-state index contributed by atoms with van der Waals surface area (Å²) in [7, 11) is 1.22. The van der Waals surface area contributed by atoms with Gasteiger partial charge in [-0.25, -0.2) is 8.42 Å². The van der Waals surface area contributed by atoms with Crippen LogP contribution in [-0.2, 0) is 21.4 Å². The van der Waals surface area contributed by atoms with Crippen molar-refractivity contribution in [1.29, 1.82) is 0 Å². The summed E-state index contributed by atoms with van der Waals surface area (Å²) in [6.07, 6.45) is 0.928. The second kappa shape index (κ2) is 9.27. The van der Waals surface area contributed by atoms with Crippen molar-refractivity contribution in [1.82, 2.24) is 14.4 Å². The van der Waals surface area contributed by atoms with Gasteiger partial charge in [-0.15, -0.1) is 0 Å². The van der Waals surface area contributed by atoms with Crippen LogP contribution in [0.2, 0.25) is 0 Å². The molecule has 0 radical (unpaired) electrons. The van der Waals surface area contributed by atoms with Gasteiger partial charge >= 0.3 is 0 Å². The lowest BCUT2D eigenvalue weighted by molar-refractivity contribution is -0.135. The number of rotatable bonds is 7. The Morgan fingerprint density at radius 2 is 1.90 bits per heavy atom. The molecule has 0 aliphatic carbocycles. The molecule has 10 heteroatoms. The van der Waals surface area contributed by atoms with Crippen LogP contribution in [0, 0.1) is 19.8 Å². The van der Waals surface area contributed by atoms with Gasteiger partial charge in [0.1, 0.15) is 22.1 Å². The van der Waals surface area contributed by atoms with Gasteiger partial charge in [0, 0.05) is 44.2 Å². The van der Waals surface area contributed by atoms with Gasteiger partial charge in [-0.1, -0.05) is 5.16 Å². The second-order valence-electron chi connectivity index (χ2n) is 7.70. The first-order valence-corrected chi connectivity index (χ1v) is 11.5. The van der Waals surface area contributed by atoms with Crippen molar-refractivity contribution in [2.75, 3.05) is 34.4 Å². The van der Waals surface area contributed by atoms with E-state index in [1.165, 1.54) is 4.31 Å². The van der Waals surface area contributed by atoms with Crippen LogP contribution >= 0.6 is 0 Å². The van der Waals surface area contributed by atoms with Gasteiger partial charge in [-0.05, 0) is 38.8 Å². The molecule has 2 heterocycles. The Morgan fingerprint density at radius 1 is 1.23 bits per heavy atom. The van der Waals surface area contributed by atoms with Crippen LogP contribution in [0.4, 0.5) is 0 Å². The SMILES string of the molecule is COc1ccc(CN(C)C(=O)C2CCN(S(=O)(=O)c3c(C)noc3C)CC2)c(OC)c1. The molecule has 2 aromatic rings. The monoisotopic (exact) mass is 451 g/mol. The third-order valence-electron chi connectivity index (χ3n) is 5.65. The lowest BCUT2D eigenvalue weighted by Gasteiger charge is -2.32. The number of methoxy groups -OCH3 is 2. The molecule has 31 heavy (non-hydrogen) atoms. The van der Waals surface area contributed by atoms with Crippen molar-refractivity contribution in [2.45, 2.75) is 38.1 Å². The number of carbonyl (C=O) groups is 1. The van der Waals surface area contributed by atoms with Gasteiger partial charge in [-0.2, -0.15) is 4.31 Å². The van der Waals surface area contributed by atoms with Crippen molar-refractivity contribution in [3.05, 3.63) is 35.2 Å². The number of nitrogens with zero attached hydrogens (tertiary/aromatic N) is 3. The van der Waals surface area contributed by atoms with E-state index in [1.807, 2.05) is 12.1 Å². The van der Waals surface area contributed by atoms with Gasteiger partial charge < -0.3 is 18.9 Å². The Bertz CT molecular complexity index is 1020. The average molecular weight is 452 g/mol. The van der Waals surface area contributed by atoms with E-state index in [0.29, 0.717) is 36.6 Å². The summed E-state index contributed by atoms with van der Waals surface area (Å²) < 4.78 is 43.0. The zero-order chi connectivity index (χ0) is 22.8. The van der Waals surface area contributed by atoms with Gasteiger partial charge in [0.25, 0.3) is 0 Å². The van der Waals surface area contributed by atoms with E-state index in [4.69, 9.17) is 14.0 Å². The van der Waals surface area contributed by atoms with Crippen molar-refractivity contribution in [3.63, 3.8) is 0 Å². The first-order valence-electron chi connectivity index (χ1n) is 10.1. The van der Waals surface area contributed by atoms with E-state index in [2.05, 4.69) is 5.16 Å². The fourth-order valence-electron chi connectivity index (χ4n) is 3.94. The molecule has 170 valence electrons. The van der Waals surface area contributed by atoms with E-state index in [-0.39, 0.29) is 35.6 Å². The Balaban J connectivity index is 1.64. The molecular formula is C21H29N3O6S. The minimum atomic E-state index is -3.69. The molecule has 1 aromatic carbocycles. The van der Waals surface area contributed by atoms with Crippen LogP contribution in [0.5, 0.6) is 11.5 Å². The summed E-state index contributed by atoms with van der Waals surface area (Å²) >= 11 is 0. The molecule has 0 spiro atoms. The largest absolute Gasteiger partial charge is 0.497 e. The Hall–Kier alpha value is -2.59. The summed E-state index contributed by atoms with van der Waals surface area (Å²) in [5, 5.41) is 3.75. The smallest absolute Gasteiger partial charge is 0.248 e. The second-order valence-corrected chi connectivity index (χ2v) is 9.58. The van der Waals surface area contributed by atoms with Crippen molar-refractivity contribution in [2.24, 2.45) is 5.92 Å². The number of amides is 1. The number of aryl methyl sites for hydroxylation is 2. The number of aromatic nitrogens is 1. The van der Waals surface area contributed by atoms with E-state index >= 15 is 0 Å². The van der Waals surface area contributed by atoms with Gasteiger partial charge in [0.15, 0.2) is 5.76 Å².